The lowest BCUT2D eigenvalue weighted by molar-refractivity contribution is -0.385. The average Bonchev–Trinajstić information content (AvgIpc) is 2.97. The van der Waals surface area contributed by atoms with Crippen molar-refractivity contribution in [3.63, 3.8) is 0 Å². The van der Waals surface area contributed by atoms with Crippen molar-refractivity contribution < 1.29 is 9.72 Å². The first-order chi connectivity index (χ1) is 11.6. The number of carbonyl (C=O) groups is 1. The molecule has 0 fully saturated rings. The van der Waals surface area contributed by atoms with Gasteiger partial charge in [0.05, 0.1) is 4.92 Å². The van der Waals surface area contributed by atoms with Gasteiger partial charge in [0.15, 0.2) is 5.65 Å². The van der Waals surface area contributed by atoms with E-state index < -0.39 is 4.92 Å². The molecule has 3 rings (SSSR count). The molecular weight excluding hydrogens is 310 g/mol. The molecule has 3 aromatic rings. The van der Waals surface area contributed by atoms with Crippen LogP contribution in [0.2, 0.25) is 0 Å². The number of carbonyl (C=O) groups excluding carboxylic acids is 1. The van der Waals surface area contributed by atoms with Crippen LogP contribution in [0, 0.1) is 17.0 Å². The van der Waals surface area contributed by atoms with Crippen molar-refractivity contribution in [1.82, 2.24) is 19.9 Å². The molecule has 0 aliphatic carbocycles. The molecule has 24 heavy (non-hydrogen) atoms. The second-order valence-corrected chi connectivity index (χ2v) is 5.31. The fraction of sp³-hybridized carbons (Fsp3) is 0.188. The van der Waals surface area contributed by atoms with Gasteiger partial charge in [0, 0.05) is 36.4 Å². The van der Waals surface area contributed by atoms with Crippen LogP contribution in [0.3, 0.4) is 0 Å². The van der Waals surface area contributed by atoms with Gasteiger partial charge in [-0.25, -0.2) is 0 Å². The monoisotopic (exact) mass is 325 g/mol. The number of aryl methyl sites for hydroxylation is 1. The standard InChI is InChI=1S/C16H15N5O3/c1-11-10-12(5-6-13(11)21(23)24)16(22)17-8-7-15-19-18-14-4-2-3-9-20(14)15/h2-6,9-10H,7-8H2,1H3,(H,17,22). The third-order valence-corrected chi connectivity index (χ3v) is 3.67. The Kier molecular flexibility index (Phi) is 4.19. The zero-order valence-electron chi connectivity index (χ0n) is 13.0. The summed E-state index contributed by atoms with van der Waals surface area (Å²) in [6.07, 6.45) is 2.40. The molecule has 0 bridgehead atoms. The summed E-state index contributed by atoms with van der Waals surface area (Å²) >= 11 is 0. The fourth-order valence-electron chi connectivity index (χ4n) is 2.45. The Morgan fingerprint density at radius 3 is 2.88 bits per heavy atom. The molecule has 1 aromatic carbocycles. The van der Waals surface area contributed by atoms with Crippen LogP contribution in [0.5, 0.6) is 0 Å². The summed E-state index contributed by atoms with van der Waals surface area (Å²) in [6.45, 7) is 2.00. The van der Waals surface area contributed by atoms with Crippen LogP contribution in [0.1, 0.15) is 21.7 Å². The smallest absolute Gasteiger partial charge is 0.272 e. The minimum atomic E-state index is -0.465. The molecule has 0 radical (unpaired) electrons. The number of nitro benzene ring substituents is 1. The van der Waals surface area contributed by atoms with Gasteiger partial charge in [-0.2, -0.15) is 0 Å². The van der Waals surface area contributed by atoms with Crippen molar-refractivity contribution in [2.45, 2.75) is 13.3 Å². The molecule has 8 nitrogen and oxygen atoms in total. The zero-order valence-corrected chi connectivity index (χ0v) is 13.0. The summed E-state index contributed by atoms with van der Waals surface area (Å²) in [6, 6.07) is 9.93. The van der Waals surface area contributed by atoms with Crippen molar-refractivity contribution in [2.75, 3.05) is 6.54 Å². The quantitative estimate of drug-likeness (QED) is 0.570. The number of nitrogens with zero attached hydrogens (tertiary/aromatic N) is 4. The Balaban J connectivity index is 1.63. The lowest BCUT2D eigenvalue weighted by Crippen LogP contribution is -2.26. The first-order valence-electron chi connectivity index (χ1n) is 7.38. The zero-order chi connectivity index (χ0) is 17.1. The molecule has 0 spiro atoms. The molecule has 2 heterocycles. The molecule has 1 amide bonds. The molecule has 8 heteroatoms. The minimum absolute atomic E-state index is 0.00137. The minimum Gasteiger partial charge on any atom is -0.352 e. The van der Waals surface area contributed by atoms with Crippen LogP contribution < -0.4 is 5.32 Å². The second-order valence-electron chi connectivity index (χ2n) is 5.31. The van der Waals surface area contributed by atoms with Crippen LogP contribution in [-0.2, 0) is 6.42 Å². The maximum Gasteiger partial charge on any atom is 0.272 e. The number of nitrogens with one attached hydrogen (secondary N) is 1. The van der Waals surface area contributed by atoms with E-state index in [4.69, 9.17) is 0 Å². The number of rotatable bonds is 5. The molecule has 0 aliphatic rings. The maximum atomic E-state index is 12.1. The Labute approximate surface area is 137 Å². The van der Waals surface area contributed by atoms with Crippen molar-refractivity contribution in [1.29, 1.82) is 0 Å². The van der Waals surface area contributed by atoms with E-state index in [1.54, 1.807) is 6.92 Å². The van der Waals surface area contributed by atoms with Gasteiger partial charge in [0.1, 0.15) is 5.82 Å². The van der Waals surface area contributed by atoms with E-state index in [1.165, 1.54) is 18.2 Å². The summed E-state index contributed by atoms with van der Waals surface area (Å²) < 4.78 is 1.86. The molecule has 0 saturated carbocycles. The van der Waals surface area contributed by atoms with E-state index in [1.807, 2.05) is 28.8 Å². The predicted octanol–water partition coefficient (Wildman–Crippen LogP) is 1.92. The van der Waals surface area contributed by atoms with E-state index in [0.717, 1.165) is 11.5 Å². The Hall–Kier alpha value is -3.29. The van der Waals surface area contributed by atoms with E-state index in [2.05, 4.69) is 15.5 Å². The van der Waals surface area contributed by atoms with Gasteiger partial charge >= 0.3 is 0 Å². The van der Waals surface area contributed by atoms with Crippen LogP contribution in [0.4, 0.5) is 5.69 Å². The number of fused-ring (bicyclic) bond motifs is 1. The van der Waals surface area contributed by atoms with Gasteiger partial charge in [-0.3, -0.25) is 19.3 Å². The largest absolute Gasteiger partial charge is 0.352 e. The van der Waals surface area contributed by atoms with Gasteiger partial charge in [0.25, 0.3) is 11.6 Å². The highest BCUT2D eigenvalue weighted by Crippen LogP contribution is 2.18. The highest BCUT2D eigenvalue weighted by Gasteiger charge is 2.13. The molecular formula is C16H15N5O3. The normalized spacial score (nSPS) is 10.7. The summed E-state index contributed by atoms with van der Waals surface area (Å²) in [5, 5.41) is 21.7. The molecule has 0 unspecified atom stereocenters. The summed E-state index contributed by atoms with van der Waals surface area (Å²) in [5.74, 6) is 0.479. The second kappa shape index (κ2) is 6.45. The lowest BCUT2D eigenvalue weighted by atomic mass is 10.1. The number of nitro groups is 1. The van der Waals surface area contributed by atoms with Crippen molar-refractivity contribution in [3.8, 4) is 0 Å². The summed E-state index contributed by atoms with van der Waals surface area (Å²) in [7, 11) is 0. The van der Waals surface area contributed by atoms with Crippen molar-refractivity contribution in [3.05, 3.63) is 69.7 Å². The third-order valence-electron chi connectivity index (χ3n) is 3.67. The van der Waals surface area contributed by atoms with Gasteiger partial charge in [0.2, 0.25) is 0 Å². The predicted molar refractivity (Wildman–Crippen MR) is 86.9 cm³/mol. The first-order valence-corrected chi connectivity index (χ1v) is 7.38. The fourth-order valence-corrected chi connectivity index (χ4v) is 2.45. The number of benzene rings is 1. The van der Waals surface area contributed by atoms with Crippen molar-refractivity contribution >= 4 is 17.2 Å². The van der Waals surface area contributed by atoms with E-state index in [9.17, 15) is 14.9 Å². The molecule has 0 aliphatic heterocycles. The van der Waals surface area contributed by atoms with E-state index in [0.29, 0.717) is 24.1 Å². The van der Waals surface area contributed by atoms with E-state index in [-0.39, 0.29) is 11.6 Å². The van der Waals surface area contributed by atoms with Crippen LogP contribution in [-0.4, -0.2) is 32.0 Å². The number of pyridine rings is 1. The first kappa shape index (κ1) is 15.6. The Morgan fingerprint density at radius 2 is 2.12 bits per heavy atom. The molecule has 0 atom stereocenters. The number of hydrogen-bond donors (Lipinski definition) is 1. The van der Waals surface area contributed by atoms with Gasteiger partial charge in [-0.1, -0.05) is 6.07 Å². The SMILES string of the molecule is Cc1cc(C(=O)NCCc2nnc3ccccn23)ccc1[N+](=O)[O-]. The van der Waals surface area contributed by atoms with Crippen LogP contribution >= 0.6 is 0 Å². The molecule has 122 valence electrons. The summed E-state index contributed by atoms with van der Waals surface area (Å²) in [4.78, 5) is 22.5. The van der Waals surface area contributed by atoms with E-state index >= 15 is 0 Å². The number of hydrogen-bond acceptors (Lipinski definition) is 5. The Bertz CT molecular complexity index is 919. The molecule has 0 saturated heterocycles. The Morgan fingerprint density at radius 1 is 1.29 bits per heavy atom. The van der Waals surface area contributed by atoms with Gasteiger partial charge in [-0.05, 0) is 31.2 Å². The highest BCUT2D eigenvalue weighted by atomic mass is 16.6. The maximum absolute atomic E-state index is 12.1. The topological polar surface area (TPSA) is 102 Å². The summed E-state index contributed by atoms with van der Waals surface area (Å²) in [5.41, 5.74) is 1.60. The number of aromatic nitrogens is 3. The van der Waals surface area contributed by atoms with Crippen LogP contribution in [0.25, 0.3) is 5.65 Å². The molecule has 1 N–H and O–H groups in total. The average molecular weight is 325 g/mol. The molecule has 2 aromatic heterocycles. The number of amides is 1. The van der Waals surface area contributed by atoms with Gasteiger partial charge in [-0.15, -0.1) is 10.2 Å². The van der Waals surface area contributed by atoms with Gasteiger partial charge < -0.3 is 5.32 Å². The van der Waals surface area contributed by atoms with Crippen LogP contribution in [0.15, 0.2) is 42.6 Å². The highest BCUT2D eigenvalue weighted by molar-refractivity contribution is 5.94. The van der Waals surface area contributed by atoms with Crippen molar-refractivity contribution in [2.24, 2.45) is 0 Å². The lowest BCUT2D eigenvalue weighted by Gasteiger charge is -2.06. The third kappa shape index (κ3) is 3.07.